The first kappa shape index (κ1) is 16.8. The summed E-state index contributed by atoms with van der Waals surface area (Å²) in [5, 5.41) is 12.0. The van der Waals surface area contributed by atoms with Crippen molar-refractivity contribution in [3.63, 3.8) is 0 Å². The van der Waals surface area contributed by atoms with Gasteiger partial charge in [-0.25, -0.2) is 0 Å². The van der Waals surface area contributed by atoms with Crippen molar-refractivity contribution in [3.8, 4) is 0 Å². The summed E-state index contributed by atoms with van der Waals surface area (Å²) in [7, 11) is 0. The fourth-order valence-electron chi connectivity index (χ4n) is 0.832. The SMILES string of the molecule is CC.CC.OCNCc1ccccc1Cl. The first-order valence-electron chi connectivity index (χ1n) is 5.39. The predicted molar refractivity (Wildman–Crippen MR) is 68.1 cm³/mol. The highest BCUT2D eigenvalue weighted by molar-refractivity contribution is 6.31. The Morgan fingerprint density at radius 3 is 2.13 bits per heavy atom. The van der Waals surface area contributed by atoms with Crippen LogP contribution >= 0.6 is 11.6 Å². The maximum absolute atomic E-state index is 8.46. The molecule has 1 aromatic rings. The molecule has 0 spiro atoms. The van der Waals surface area contributed by atoms with E-state index in [0.717, 1.165) is 10.6 Å². The van der Waals surface area contributed by atoms with E-state index >= 15 is 0 Å². The van der Waals surface area contributed by atoms with Gasteiger partial charge in [-0.2, -0.15) is 0 Å². The Hall–Kier alpha value is -0.570. The summed E-state index contributed by atoms with van der Waals surface area (Å²) in [5.74, 6) is 0. The van der Waals surface area contributed by atoms with Gasteiger partial charge in [-0.1, -0.05) is 57.5 Å². The normalized spacial score (nSPS) is 8.13. The molecule has 0 aliphatic carbocycles. The average molecular weight is 232 g/mol. The number of rotatable bonds is 3. The molecule has 2 N–H and O–H groups in total. The summed E-state index contributed by atoms with van der Waals surface area (Å²) in [6.07, 6.45) is 0. The number of aliphatic hydroxyl groups is 1. The van der Waals surface area contributed by atoms with Crippen LogP contribution in [-0.4, -0.2) is 11.8 Å². The molecule has 1 rings (SSSR count). The van der Waals surface area contributed by atoms with Gasteiger partial charge in [0.2, 0.25) is 0 Å². The highest BCUT2D eigenvalue weighted by Gasteiger charge is 1.95. The maximum atomic E-state index is 8.46. The molecule has 0 radical (unpaired) electrons. The monoisotopic (exact) mass is 231 g/mol. The van der Waals surface area contributed by atoms with Gasteiger partial charge in [-0.3, -0.25) is 5.32 Å². The standard InChI is InChI=1S/C8H10ClNO.2C2H6/c9-8-4-2-1-3-7(8)5-10-6-11;2*1-2/h1-4,10-11H,5-6H2;2*1-2H3. The zero-order chi connectivity index (χ0) is 12.1. The highest BCUT2D eigenvalue weighted by atomic mass is 35.5. The molecule has 3 heteroatoms. The van der Waals surface area contributed by atoms with Crippen molar-refractivity contribution in [1.29, 1.82) is 0 Å². The number of aliphatic hydroxyl groups excluding tert-OH is 1. The van der Waals surface area contributed by atoms with Gasteiger partial charge in [0.05, 0.1) is 6.73 Å². The van der Waals surface area contributed by atoms with E-state index in [1.54, 1.807) is 0 Å². The molecule has 0 aromatic heterocycles. The van der Waals surface area contributed by atoms with Crippen LogP contribution in [0.4, 0.5) is 0 Å². The Morgan fingerprint density at radius 2 is 1.67 bits per heavy atom. The second-order valence-corrected chi connectivity index (χ2v) is 2.58. The summed E-state index contributed by atoms with van der Waals surface area (Å²) >= 11 is 5.84. The Kier molecular flexibility index (Phi) is 15.1. The molecule has 0 unspecified atom stereocenters. The highest BCUT2D eigenvalue weighted by Crippen LogP contribution is 2.13. The van der Waals surface area contributed by atoms with E-state index in [2.05, 4.69) is 5.32 Å². The van der Waals surface area contributed by atoms with Crippen LogP contribution in [0.1, 0.15) is 33.3 Å². The van der Waals surface area contributed by atoms with E-state index in [0.29, 0.717) is 6.54 Å². The molecule has 0 atom stereocenters. The van der Waals surface area contributed by atoms with Gasteiger partial charge in [-0.15, -0.1) is 0 Å². The van der Waals surface area contributed by atoms with Crippen molar-refractivity contribution in [2.24, 2.45) is 0 Å². The van der Waals surface area contributed by atoms with Crippen LogP contribution < -0.4 is 5.32 Å². The summed E-state index contributed by atoms with van der Waals surface area (Å²) in [6.45, 7) is 8.58. The Balaban J connectivity index is 0. The van der Waals surface area contributed by atoms with Crippen molar-refractivity contribution in [2.45, 2.75) is 34.2 Å². The lowest BCUT2D eigenvalue weighted by atomic mass is 10.2. The minimum Gasteiger partial charge on any atom is -0.381 e. The van der Waals surface area contributed by atoms with Crippen LogP contribution in [0.5, 0.6) is 0 Å². The zero-order valence-electron chi connectivity index (χ0n) is 10.0. The molecule has 0 aliphatic rings. The van der Waals surface area contributed by atoms with E-state index in [-0.39, 0.29) is 6.73 Å². The fourth-order valence-corrected chi connectivity index (χ4v) is 1.03. The molecule has 2 nitrogen and oxygen atoms in total. The molecular weight excluding hydrogens is 210 g/mol. The van der Waals surface area contributed by atoms with E-state index in [1.807, 2.05) is 52.0 Å². The van der Waals surface area contributed by atoms with E-state index < -0.39 is 0 Å². The number of nitrogens with one attached hydrogen (secondary N) is 1. The lowest BCUT2D eigenvalue weighted by Gasteiger charge is -2.02. The quantitative estimate of drug-likeness (QED) is 0.782. The molecule has 0 saturated carbocycles. The molecule has 0 amide bonds. The molecule has 0 saturated heterocycles. The number of benzene rings is 1. The van der Waals surface area contributed by atoms with E-state index in [4.69, 9.17) is 16.7 Å². The van der Waals surface area contributed by atoms with Crippen molar-refractivity contribution in [1.82, 2.24) is 5.32 Å². The fraction of sp³-hybridized carbons (Fsp3) is 0.500. The smallest absolute Gasteiger partial charge is 0.0934 e. The topological polar surface area (TPSA) is 32.3 Å². The summed E-state index contributed by atoms with van der Waals surface area (Å²) < 4.78 is 0. The van der Waals surface area contributed by atoms with E-state index in [9.17, 15) is 0 Å². The molecule has 15 heavy (non-hydrogen) atoms. The van der Waals surface area contributed by atoms with Gasteiger partial charge in [0, 0.05) is 11.6 Å². The molecule has 88 valence electrons. The van der Waals surface area contributed by atoms with Gasteiger partial charge < -0.3 is 5.11 Å². The third-order valence-electron chi connectivity index (χ3n) is 1.39. The van der Waals surface area contributed by atoms with Crippen LogP contribution in [0, 0.1) is 0 Å². The average Bonchev–Trinajstić information content (AvgIpc) is 2.33. The van der Waals surface area contributed by atoms with Gasteiger partial charge in [0.15, 0.2) is 0 Å². The van der Waals surface area contributed by atoms with Crippen molar-refractivity contribution in [2.75, 3.05) is 6.73 Å². The van der Waals surface area contributed by atoms with Crippen LogP contribution in [0.3, 0.4) is 0 Å². The second kappa shape index (κ2) is 13.4. The lowest BCUT2D eigenvalue weighted by molar-refractivity contribution is 0.259. The predicted octanol–water partition coefficient (Wildman–Crippen LogP) is 3.43. The van der Waals surface area contributed by atoms with Crippen molar-refractivity contribution >= 4 is 11.6 Å². The minimum atomic E-state index is -0.0226. The molecule has 0 bridgehead atoms. The van der Waals surface area contributed by atoms with Gasteiger partial charge in [0.1, 0.15) is 0 Å². The Labute approximate surface area is 98.3 Å². The lowest BCUT2D eigenvalue weighted by Crippen LogP contribution is -2.13. The third kappa shape index (κ3) is 8.43. The van der Waals surface area contributed by atoms with Crippen LogP contribution in [0.25, 0.3) is 0 Å². The minimum absolute atomic E-state index is 0.0226. The number of hydrogen-bond acceptors (Lipinski definition) is 2. The van der Waals surface area contributed by atoms with Gasteiger partial charge >= 0.3 is 0 Å². The zero-order valence-corrected chi connectivity index (χ0v) is 10.8. The van der Waals surface area contributed by atoms with E-state index in [1.165, 1.54) is 0 Å². The second-order valence-electron chi connectivity index (χ2n) is 2.18. The van der Waals surface area contributed by atoms with Crippen molar-refractivity contribution in [3.05, 3.63) is 34.9 Å². The molecule has 0 fully saturated rings. The molecule has 0 heterocycles. The summed E-state index contributed by atoms with van der Waals surface area (Å²) in [5.41, 5.74) is 1.00. The van der Waals surface area contributed by atoms with Gasteiger partial charge in [-0.05, 0) is 11.6 Å². The maximum Gasteiger partial charge on any atom is 0.0934 e. The van der Waals surface area contributed by atoms with Crippen LogP contribution in [0.15, 0.2) is 24.3 Å². The first-order valence-corrected chi connectivity index (χ1v) is 5.77. The third-order valence-corrected chi connectivity index (χ3v) is 1.75. The van der Waals surface area contributed by atoms with Gasteiger partial charge in [0.25, 0.3) is 0 Å². The summed E-state index contributed by atoms with van der Waals surface area (Å²) in [6, 6.07) is 7.55. The Bertz CT molecular complexity index is 229. The summed E-state index contributed by atoms with van der Waals surface area (Å²) in [4.78, 5) is 0. The molecule has 0 aliphatic heterocycles. The Morgan fingerprint density at radius 1 is 1.13 bits per heavy atom. The number of hydrogen-bond donors (Lipinski definition) is 2. The van der Waals surface area contributed by atoms with Crippen LogP contribution in [-0.2, 0) is 6.54 Å². The number of halogens is 1. The molecular formula is C12H22ClNO. The van der Waals surface area contributed by atoms with Crippen molar-refractivity contribution < 1.29 is 5.11 Å². The first-order chi connectivity index (χ1) is 7.34. The largest absolute Gasteiger partial charge is 0.381 e. The molecule has 1 aromatic carbocycles. The van der Waals surface area contributed by atoms with Crippen LogP contribution in [0.2, 0.25) is 5.02 Å².